The summed E-state index contributed by atoms with van der Waals surface area (Å²) in [5.74, 6) is 2.13. The van der Waals surface area contributed by atoms with Gasteiger partial charge in [0.05, 0.1) is 0 Å². The highest BCUT2D eigenvalue weighted by Crippen LogP contribution is 2.44. The van der Waals surface area contributed by atoms with Crippen LogP contribution in [0.3, 0.4) is 0 Å². The van der Waals surface area contributed by atoms with Crippen molar-refractivity contribution in [3.8, 4) is 0 Å². The van der Waals surface area contributed by atoms with Gasteiger partial charge in [0.25, 0.3) is 0 Å². The predicted molar refractivity (Wildman–Crippen MR) is 46.3 cm³/mol. The van der Waals surface area contributed by atoms with E-state index in [1.54, 1.807) is 0 Å². The Balaban J connectivity index is 1.90. The first-order chi connectivity index (χ1) is 4.40. The molecular weight excluding hydrogens is 225 g/mol. The quantitative estimate of drug-likeness (QED) is 0.627. The summed E-state index contributed by atoms with van der Waals surface area (Å²) in [7, 11) is 0. The summed E-state index contributed by atoms with van der Waals surface area (Å²) in [4.78, 5) is 2.42. The molecule has 0 aromatic rings. The Hall–Kier alpha value is 0.270. The van der Waals surface area contributed by atoms with Crippen LogP contribution < -0.4 is 0 Å². The van der Waals surface area contributed by atoms with Crippen molar-refractivity contribution < 1.29 is 0 Å². The first kappa shape index (κ1) is 6.01. The molecule has 2 rings (SSSR count). The van der Waals surface area contributed by atoms with Crippen LogP contribution in [0.25, 0.3) is 0 Å². The molecule has 1 heterocycles. The summed E-state index contributed by atoms with van der Waals surface area (Å²) >= 11 is 2.28. The van der Waals surface area contributed by atoms with Crippen LogP contribution in [0.1, 0.15) is 6.42 Å². The van der Waals surface area contributed by atoms with Gasteiger partial charge in [0.2, 0.25) is 0 Å². The Morgan fingerprint density at radius 1 is 1.33 bits per heavy atom. The number of hydrogen-bond acceptors (Lipinski definition) is 1. The first-order valence-corrected chi connectivity index (χ1v) is 4.65. The van der Waals surface area contributed by atoms with Gasteiger partial charge in [-0.2, -0.15) is 0 Å². The number of hydrogen-bond donors (Lipinski definition) is 0. The van der Waals surface area contributed by atoms with E-state index in [2.05, 4.69) is 37.8 Å². The highest BCUT2D eigenvalue weighted by atomic mass is 127. The van der Waals surface area contributed by atoms with Crippen LogP contribution in [-0.2, 0) is 0 Å². The fraction of sp³-hybridized carbons (Fsp3) is 0.714. The third-order valence-corrected chi connectivity index (χ3v) is 2.60. The van der Waals surface area contributed by atoms with E-state index in [1.165, 1.54) is 19.5 Å². The Bertz CT molecular complexity index is 134. The molecule has 2 atom stereocenters. The van der Waals surface area contributed by atoms with E-state index < -0.39 is 0 Å². The van der Waals surface area contributed by atoms with E-state index in [-0.39, 0.29) is 0 Å². The number of piperidine rings is 1. The lowest BCUT2D eigenvalue weighted by Gasteiger charge is -2.12. The average molecular weight is 235 g/mol. The minimum Gasteiger partial charge on any atom is -0.376 e. The van der Waals surface area contributed by atoms with Gasteiger partial charge in [-0.3, -0.25) is 0 Å². The molecule has 1 saturated carbocycles. The molecule has 0 N–H and O–H groups in total. The third kappa shape index (κ3) is 1.09. The third-order valence-electron chi connectivity index (χ3n) is 2.27. The van der Waals surface area contributed by atoms with Crippen LogP contribution in [0.2, 0.25) is 0 Å². The highest BCUT2D eigenvalue weighted by molar-refractivity contribution is 14.1. The van der Waals surface area contributed by atoms with E-state index in [9.17, 15) is 0 Å². The Labute approximate surface area is 69.2 Å². The molecule has 0 spiro atoms. The lowest BCUT2D eigenvalue weighted by atomic mass is 10.4. The Morgan fingerprint density at radius 2 is 2.00 bits per heavy atom. The maximum atomic E-state index is 2.42. The van der Waals surface area contributed by atoms with E-state index in [1.807, 2.05) is 0 Å². The van der Waals surface area contributed by atoms with Gasteiger partial charge in [-0.25, -0.2) is 0 Å². The van der Waals surface area contributed by atoms with Crippen molar-refractivity contribution in [2.24, 2.45) is 11.8 Å². The molecule has 0 amide bonds. The van der Waals surface area contributed by atoms with Crippen LogP contribution in [0.15, 0.2) is 10.3 Å². The van der Waals surface area contributed by atoms with Gasteiger partial charge in [-0.1, -0.05) is 22.6 Å². The monoisotopic (exact) mass is 235 g/mol. The second-order valence-corrected chi connectivity index (χ2v) is 3.70. The van der Waals surface area contributed by atoms with E-state index in [0.29, 0.717) is 0 Å². The maximum Gasteiger partial charge on any atom is 0.0204 e. The van der Waals surface area contributed by atoms with Gasteiger partial charge >= 0.3 is 0 Å². The molecule has 1 aliphatic heterocycles. The molecular formula is C7H10IN. The molecule has 9 heavy (non-hydrogen) atoms. The Kier molecular flexibility index (Phi) is 1.43. The van der Waals surface area contributed by atoms with Gasteiger partial charge in [-0.05, 0) is 22.3 Å². The molecule has 1 saturated heterocycles. The zero-order chi connectivity index (χ0) is 6.27. The maximum absolute atomic E-state index is 2.42. The molecule has 2 fully saturated rings. The van der Waals surface area contributed by atoms with Gasteiger partial charge in [0.1, 0.15) is 0 Å². The summed E-state index contributed by atoms with van der Waals surface area (Å²) in [6.45, 7) is 2.65. The summed E-state index contributed by atoms with van der Waals surface area (Å²) in [5, 5.41) is 0. The second kappa shape index (κ2) is 2.15. The predicted octanol–water partition coefficient (Wildman–Crippen LogP) is 1.84. The van der Waals surface area contributed by atoms with Crippen LogP contribution in [0, 0.1) is 11.8 Å². The summed E-state index contributed by atoms with van der Waals surface area (Å²) in [6, 6.07) is 0. The molecule has 0 radical (unpaired) electrons. The fourth-order valence-corrected chi connectivity index (χ4v) is 2.09. The topological polar surface area (TPSA) is 3.24 Å². The van der Waals surface area contributed by atoms with Crippen LogP contribution in [0.5, 0.6) is 0 Å². The largest absolute Gasteiger partial charge is 0.376 e. The average Bonchev–Trinajstić information content (AvgIpc) is 2.42. The molecule has 0 bridgehead atoms. The van der Waals surface area contributed by atoms with Crippen LogP contribution in [-0.4, -0.2) is 18.0 Å². The molecule has 2 heteroatoms. The molecule has 1 nitrogen and oxygen atoms in total. The van der Waals surface area contributed by atoms with E-state index in [0.717, 1.165) is 11.8 Å². The smallest absolute Gasteiger partial charge is 0.0204 e. The van der Waals surface area contributed by atoms with Gasteiger partial charge < -0.3 is 4.90 Å². The lowest BCUT2D eigenvalue weighted by molar-refractivity contribution is 0.418. The van der Waals surface area contributed by atoms with Crippen LogP contribution >= 0.6 is 22.6 Å². The van der Waals surface area contributed by atoms with Crippen LogP contribution in [0.4, 0.5) is 0 Å². The highest BCUT2D eigenvalue weighted by Gasteiger charge is 2.43. The number of halogens is 1. The zero-order valence-electron chi connectivity index (χ0n) is 5.26. The molecule has 1 unspecified atom stereocenters. The lowest BCUT2D eigenvalue weighted by Crippen LogP contribution is -2.14. The molecule has 2 aliphatic rings. The Morgan fingerprint density at radius 3 is 2.56 bits per heavy atom. The van der Waals surface area contributed by atoms with Gasteiger partial charge in [0.15, 0.2) is 0 Å². The SMILES string of the molecule is I/C=C/N1CC2C[C@@H]2C1. The molecule has 0 aromatic heterocycles. The summed E-state index contributed by atoms with van der Waals surface area (Å²) in [5.41, 5.74) is 0. The van der Waals surface area contributed by atoms with Crippen molar-refractivity contribution in [3.63, 3.8) is 0 Å². The zero-order valence-corrected chi connectivity index (χ0v) is 7.41. The van der Waals surface area contributed by atoms with E-state index in [4.69, 9.17) is 0 Å². The van der Waals surface area contributed by atoms with Gasteiger partial charge in [0, 0.05) is 19.3 Å². The standard InChI is InChI=1S/C7H10IN/c8-1-2-9-4-6-3-7(6)5-9/h1-2,6-7H,3-5H2/b2-1+/t6-,7?/m1/s1. The van der Waals surface area contributed by atoms with Crippen molar-refractivity contribution >= 4 is 22.6 Å². The van der Waals surface area contributed by atoms with Crippen molar-refractivity contribution in [1.29, 1.82) is 0 Å². The molecule has 1 aliphatic carbocycles. The minimum atomic E-state index is 1.07. The minimum absolute atomic E-state index is 1.07. The van der Waals surface area contributed by atoms with Crippen molar-refractivity contribution in [2.75, 3.05) is 13.1 Å². The number of fused-ring (bicyclic) bond motifs is 1. The van der Waals surface area contributed by atoms with Crippen molar-refractivity contribution in [1.82, 2.24) is 4.90 Å². The second-order valence-electron chi connectivity index (χ2n) is 2.98. The number of nitrogens with zero attached hydrogens (tertiary/aromatic N) is 1. The fourth-order valence-electron chi connectivity index (χ4n) is 1.64. The number of rotatable bonds is 1. The van der Waals surface area contributed by atoms with Crippen molar-refractivity contribution in [2.45, 2.75) is 6.42 Å². The molecule has 50 valence electrons. The normalized spacial score (nSPS) is 39.9. The first-order valence-electron chi connectivity index (χ1n) is 3.41. The van der Waals surface area contributed by atoms with Crippen molar-refractivity contribution in [3.05, 3.63) is 10.3 Å². The summed E-state index contributed by atoms with van der Waals surface area (Å²) in [6.07, 6.45) is 3.71. The molecule has 0 aromatic carbocycles. The van der Waals surface area contributed by atoms with Gasteiger partial charge in [-0.15, -0.1) is 0 Å². The number of likely N-dealkylation sites (tertiary alicyclic amines) is 1. The summed E-state index contributed by atoms with van der Waals surface area (Å²) < 4.78 is 2.10. The van der Waals surface area contributed by atoms with E-state index >= 15 is 0 Å².